The zero-order valence-corrected chi connectivity index (χ0v) is 17.1. The molecule has 8 nitrogen and oxygen atoms in total. The summed E-state index contributed by atoms with van der Waals surface area (Å²) in [5.74, 6) is -1.35. The SMILES string of the molecule is Cc1ccc(NC(=O)c2sc3[nH]c(=O)n(CCCC(=O)O)c(=O)c3c2C)c(C)c1. The molecular formula is C20H21N3O5S. The van der Waals surface area contributed by atoms with Crippen LogP contribution in [0, 0.1) is 20.8 Å². The summed E-state index contributed by atoms with van der Waals surface area (Å²) >= 11 is 1.05. The van der Waals surface area contributed by atoms with Crippen molar-refractivity contribution in [2.75, 3.05) is 5.32 Å². The van der Waals surface area contributed by atoms with Crippen LogP contribution in [0.3, 0.4) is 0 Å². The molecule has 0 radical (unpaired) electrons. The van der Waals surface area contributed by atoms with Gasteiger partial charge < -0.3 is 10.4 Å². The molecule has 0 unspecified atom stereocenters. The summed E-state index contributed by atoms with van der Waals surface area (Å²) in [6.45, 7) is 5.52. The van der Waals surface area contributed by atoms with E-state index in [9.17, 15) is 19.2 Å². The van der Waals surface area contributed by atoms with Gasteiger partial charge in [-0.05, 0) is 44.4 Å². The molecule has 3 aromatic rings. The van der Waals surface area contributed by atoms with Crippen molar-refractivity contribution in [3.8, 4) is 0 Å². The van der Waals surface area contributed by atoms with Gasteiger partial charge in [0.05, 0.1) is 10.3 Å². The molecule has 9 heteroatoms. The molecule has 0 aliphatic heterocycles. The van der Waals surface area contributed by atoms with Gasteiger partial charge in [-0.25, -0.2) is 4.79 Å². The van der Waals surface area contributed by atoms with Gasteiger partial charge in [-0.3, -0.25) is 23.9 Å². The number of hydrogen-bond acceptors (Lipinski definition) is 5. The van der Waals surface area contributed by atoms with Gasteiger partial charge >= 0.3 is 11.7 Å². The third kappa shape index (κ3) is 4.14. The van der Waals surface area contributed by atoms with Crippen LogP contribution in [0.1, 0.15) is 39.2 Å². The number of thiophene rings is 1. The molecule has 0 aliphatic rings. The third-order valence-electron chi connectivity index (χ3n) is 4.68. The van der Waals surface area contributed by atoms with Crippen molar-refractivity contribution in [3.05, 3.63) is 60.6 Å². The van der Waals surface area contributed by atoms with Gasteiger partial charge in [-0.1, -0.05) is 17.7 Å². The highest BCUT2D eigenvalue weighted by atomic mass is 32.1. The summed E-state index contributed by atoms with van der Waals surface area (Å²) in [5.41, 5.74) is 2.03. The number of H-pyrrole nitrogens is 1. The number of carboxylic acid groups (broad SMARTS) is 1. The van der Waals surface area contributed by atoms with Crippen LogP contribution in [0.2, 0.25) is 0 Å². The Hall–Kier alpha value is -3.20. The van der Waals surface area contributed by atoms with E-state index in [1.54, 1.807) is 6.92 Å². The minimum atomic E-state index is -0.993. The summed E-state index contributed by atoms with van der Waals surface area (Å²) in [4.78, 5) is 51.8. The lowest BCUT2D eigenvalue weighted by atomic mass is 10.1. The molecule has 0 bridgehead atoms. The second kappa shape index (κ2) is 8.04. The topological polar surface area (TPSA) is 121 Å². The molecule has 1 aromatic carbocycles. The van der Waals surface area contributed by atoms with E-state index in [0.717, 1.165) is 27.0 Å². The summed E-state index contributed by atoms with van der Waals surface area (Å²) in [6.07, 6.45) is 0.0170. The van der Waals surface area contributed by atoms with E-state index < -0.39 is 17.2 Å². The molecule has 29 heavy (non-hydrogen) atoms. The van der Waals surface area contributed by atoms with Crippen molar-refractivity contribution in [3.63, 3.8) is 0 Å². The fourth-order valence-electron chi connectivity index (χ4n) is 3.19. The number of nitrogens with zero attached hydrogens (tertiary/aromatic N) is 1. The van der Waals surface area contributed by atoms with E-state index in [2.05, 4.69) is 10.3 Å². The maximum Gasteiger partial charge on any atom is 0.329 e. The van der Waals surface area contributed by atoms with Crippen molar-refractivity contribution in [2.24, 2.45) is 0 Å². The first-order valence-corrected chi connectivity index (χ1v) is 9.87. The number of hydrogen-bond donors (Lipinski definition) is 3. The second-order valence-corrected chi connectivity index (χ2v) is 7.94. The average Bonchev–Trinajstić information content (AvgIpc) is 2.96. The zero-order chi connectivity index (χ0) is 21.3. The largest absolute Gasteiger partial charge is 0.481 e. The monoisotopic (exact) mass is 415 g/mol. The van der Waals surface area contributed by atoms with Gasteiger partial charge in [0, 0.05) is 18.7 Å². The lowest BCUT2D eigenvalue weighted by molar-refractivity contribution is -0.137. The number of fused-ring (bicyclic) bond motifs is 1. The first kappa shape index (κ1) is 20.5. The Bertz CT molecular complexity index is 1240. The van der Waals surface area contributed by atoms with E-state index in [4.69, 9.17) is 5.11 Å². The van der Waals surface area contributed by atoms with E-state index in [-0.39, 0.29) is 30.7 Å². The number of aromatic amines is 1. The highest BCUT2D eigenvalue weighted by molar-refractivity contribution is 7.20. The number of anilines is 1. The maximum absolute atomic E-state index is 12.8. The normalized spacial score (nSPS) is 11.0. The number of nitrogens with one attached hydrogen (secondary N) is 2. The number of aromatic nitrogens is 2. The van der Waals surface area contributed by atoms with Crippen molar-refractivity contribution >= 4 is 39.1 Å². The quantitative estimate of drug-likeness (QED) is 0.572. The lowest BCUT2D eigenvalue weighted by Gasteiger charge is -2.08. The highest BCUT2D eigenvalue weighted by Gasteiger charge is 2.21. The van der Waals surface area contributed by atoms with Gasteiger partial charge in [-0.2, -0.15) is 0 Å². The number of aryl methyl sites for hydroxylation is 3. The molecule has 2 aromatic heterocycles. The first-order chi connectivity index (χ1) is 13.7. The van der Waals surface area contributed by atoms with Gasteiger partial charge in [0.25, 0.3) is 11.5 Å². The van der Waals surface area contributed by atoms with Gasteiger partial charge in [0.1, 0.15) is 4.83 Å². The Kier molecular flexibility index (Phi) is 5.69. The number of amides is 1. The summed E-state index contributed by atoms with van der Waals surface area (Å²) < 4.78 is 0.983. The summed E-state index contributed by atoms with van der Waals surface area (Å²) in [5, 5.41) is 11.9. The number of benzene rings is 1. The van der Waals surface area contributed by atoms with Crippen LogP contribution >= 0.6 is 11.3 Å². The summed E-state index contributed by atoms with van der Waals surface area (Å²) in [7, 11) is 0. The zero-order valence-electron chi connectivity index (χ0n) is 16.3. The van der Waals surface area contributed by atoms with Gasteiger partial charge in [0.2, 0.25) is 0 Å². The predicted molar refractivity (Wildman–Crippen MR) is 112 cm³/mol. The minimum absolute atomic E-state index is 0.00418. The van der Waals surface area contributed by atoms with Crippen molar-refractivity contribution in [1.29, 1.82) is 0 Å². The fourth-order valence-corrected chi connectivity index (χ4v) is 4.28. The van der Waals surface area contributed by atoms with Crippen LogP contribution in [-0.4, -0.2) is 26.5 Å². The molecule has 0 atom stereocenters. The fraction of sp³-hybridized carbons (Fsp3) is 0.300. The molecule has 0 saturated heterocycles. The number of carboxylic acids is 1. The van der Waals surface area contributed by atoms with Crippen LogP contribution in [0.25, 0.3) is 10.2 Å². The van der Waals surface area contributed by atoms with Crippen molar-refractivity contribution in [1.82, 2.24) is 9.55 Å². The number of carbonyl (C=O) groups is 2. The molecule has 0 fully saturated rings. The van der Waals surface area contributed by atoms with Crippen LogP contribution in [0.5, 0.6) is 0 Å². The van der Waals surface area contributed by atoms with Crippen molar-refractivity contribution < 1.29 is 14.7 Å². The number of rotatable bonds is 6. The third-order valence-corrected chi connectivity index (χ3v) is 5.89. The van der Waals surface area contributed by atoms with E-state index >= 15 is 0 Å². The van der Waals surface area contributed by atoms with Gasteiger partial charge in [-0.15, -0.1) is 11.3 Å². The van der Waals surface area contributed by atoms with Crippen molar-refractivity contribution in [2.45, 2.75) is 40.2 Å². The molecule has 1 amide bonds. The van der Waals surface area contributed by atoms with E-state index in [0.29, 0.717) is 21.0 Å². The Morgan fingerprint density at radius 2 is 1.93 bits per heavy atom. The minimum Gasteiger partial charge on any atom is -0.481 e. The molecular weight excluding hydrogens is 394 g/mol. The molecule has 3 N–H and O–H groups in total. The standard InChI is InChI=1S/C20H21N3O5S/c1-10-6-7-13(11(2)9-10)21-17(26)16-12(3)15-18(29-16)22-20(28)23(19(15)27)8-4-5-14(24)25/h6-7,9H,4-5,8H2,1-3H3,(H,21,26)(H,22,28)(H,24,25). The first-order valence-electron chi connectivity index (χ1n) is 9.05. The number of aliphatic carboxylic acids is 1. The van der Waals surface area contributed by atoms with Crippen LogP contribution < -0.4 is 16.6 Å². The highest BCUT2D eigenvalue weighted by Crippen LogP contribution is 2.27. The van der Waals surface area contributed by atoms with Crippen LogP contribution in [0.4, 0.5) is 5.69 Å². The molecule has 152 valence electrons. The lowest BCUT2D eigenvalue weighted by Crippen LogP contribution is -2.35. The Balaban J connectivity index is 1.98. The average molecular weight is 415 g/mol. The maximum atomic E-state index is 12.8. The molecule has 2 heterocycles. The predicted octanol–water partition coefficient (Wildman–Crippen LogP) is 2.79. The molecule has 0 aliphatic carbocycles. The molecule has 0 spiro atoms. The molecule has 0 saturated carbocycles. The second-order valence-electron chi connectivity index (χ2n) is 6.92. The van der Waals surface area contributed by atoms with Crippen LogP contribution in [0.15, 0.2) is 27.8 Å². The summed E-state index contributed by atoms with van der Waals surface area (Å²) in [6, 6.07) is 5.68. The molecule has 3 rings (SSSR count). The smallest absolute Gasteiger partial charge is 0.329 e. The Morgan fingerprint density at radius 3 is 2.59 bits per heavy atom. The van der Waals surface area contributed by atoms with Gasteiger partial charge in [0.15, 0.2) is 0 Å². The Labute approximate surface area is 169 Å². The van der Waals surface area contributed by atoms with E-state index in [1.807, 2.05) is 32.0 Å². The van der Waals surface area contributed by atoms with Crippen LogP contribution in [-0.2, 0) is 11.3 Å². The Morgan fingerprint density at radius 1 is 1.21 bits per heavy atom. The van der Waals surface area contributed by atoms with E-state index in [1.165, 1.54) is 0 Å². The number of carbonyl (C=O) groups excluding carboxylic acids is 1.